The van der Waals surface area contributed by atoms with E-state index in [1.54, 1.807) is 12.1 Å². The zero-order chi connectivity index (χ0) is 14.0. The molecule has 0 unspecified atom stereocenters. The van der Waals surface area contributed by atoms with Crippen LogP contribution in [0.3, 0.4) is 0 Å². The van der Waals surface area contributed by atoms with Crippen molar-refractivity contribution in [2.45, 2.75) is 33.1 Å². The van der Waals surface area contributed by atoms with E-state index >= 15 is 0 Å². The van der Waals surface area contributed by atoms with Gasteiger partial charge in [-0.1, -0.05) is 13.3 Å². The van der Waals surface area contributed by atoms with Gasteiger partial charge in [-0.15, -0.1) is 0 Å². The van der Waals surface area contributed by atoms with Crippen LogP contribution in [0.5, 0.6) is 11.5 Å². The van der Waals surface area contributed by atoms with Crippen molar-refractivity contribution in [1.82, 2.24) is 0 Å². The van der Waals surface area contributed by atoms with Crippen LogP contribution in [0, 0.1) is 6.92 Å². The van der Waals surface area contributed by atoms with Crippen LogP contribution < -0.4 is 10.4 Å². The van der Waals surface area contributed by atoms with E-state index in [2.05, 4.69) is 6.92 Å². The standard InChI is InChI=1S/C15H18O4/c1-4-5-6-10-9(2)11-7-12(16)14(18-3)8-13(11)19-15(10)17/h7-8,16H,4-6H2,1-3H3. The highest BCUT2D eigenvalue weighted by Gasteiger charge is 2.13. The number of phenolic OH excluding ortho intramolecular Hbond substituents is 1. The second kappa shape index (κ2) is 5.34. The highest BCUT2D eigenvalue weighted by molar-refractivity contribution is 5.84. The summed E-state index contributed by atoms with van der Waals surface area (Å²) in [7, 11) is 1.46. The summed E-state index contributed by atoms with van der Waals surface area (Å²) in [5.74, 6) is 0.352. The summed E-state index contributed by atoms with van der Waals surface area (Å²) in [6.07, 6.45) is 2.66. The molecule has 0 bridgehead atoms. The molecule has 102 valence electrons. The van der Waals surface area contributed by atoms with Crippen molar-refractivity contribution < 1.29 is 14.3 Å². The SMILES string of the molecule is CCCCc1c(C)c2cc(O)c(OC)cc2oc1=O. The van der Waals surface area contributed by atoms with Gasteiger partial charge in [-0.3, -0.25) is 0 Å². The highest BCUT2D eigenvalue weighted by atomic mass is 16.5. The number of hydrogen-bond acceptors (Lipinski definition) is 4. The zero-order valence-electron chi connectivity index (χ0n) is 11.4. The summed E-state index contributed by atoms with van der Waals surface area (Å²) >= 11 is 0. The van der Waals surface area contributed by atoms with Gasteiger partial charge in [0, 0.05) is 17.0 Å². The molecule has 1 aromatic heterocycles. The largest absolute Gasteiger partial charge is 0.504 e. The Morgan fingerprint density at radius 1 is 1.37 bits per heavy atom. The minimum atomic E-state index is -0.300. The van der Waals surface area contributed by atoms with Gasteiger partial charge in [-0.25, -0.2) is 4.79 Å². The molecule has 0 radical (unpaired) electrons. The molecule has 1 aromatic carbocycles. The number of unbranched alkanes of at least 4 members (excludes halogenated alkanes) is 1. The van der Waals surface area contributed by atoms with E-state index in [1.165, 1.54) is 7.11 Å². The number of rotatable bonds is 4. The first-order valence-electron chi connectivity index (χ1n) is 6.41. The second-order valence-corrected chi connectivity index (χ2v) is 4.62. The molecule has 0 saturated carbocycles. The molecule has 0 saturated heterocycles. The normalized spacial score (nSPS) is 10.9. The molecule has 4 nitrogen and oxygen atoms in total. The number of methoxy groups -OCH3 is 1. The Labute approximate surface area is 111 Å². The van der Waals surface area contributed by atoms with Crippen LogP contribution in [0.2, 0.25) is 0 Å². The first kappa shape index (κ1) is 13.5. The van der Waals surface area contributed by atoms with E-state index in [-0.39, 0.29) is 11.4 Å². The Kier molecular flexibility index (Phi) is 3.79. The van der Waals surface area contributed by atoms with Crippen LogP contribution in [-0.2, 0) is 6.42 Å². The van der Waals surface area contributed by atoms with E-state index in [1.807, 2.05) is 6.92 Å². The van der Waals surface area contributed by atoms with Crippen LogP contribution in [0.1, 0.15) is 30.9 Å². The van der Waals surface area contributed by atoms with Crippen LogP contribution in [0.15, 0.2) is 21.3 Å². The Bertz CT molecular complexity index is 655. The Balaban J connectivity index is 2.67. The van der Waals surface area contributed by atoms with Gasteiger partial charge in [0.2, 0.25) is 0 Å². The van der Waals surface area contributed by atoms with Crippen molar-refractivity contribution in [2.24, 2.45) is 0 Å². The molecule has 0 fully saturated rings. The molecular weight excluding hydrogens is 244 g/mol. The van der Waals surface area contributed by atoms with Crippen LogP contribution in [0.4, 0.5) is 0 Å². The molecule has 0 spiro atoms. The smallest absolute Gasteiger partial charge is 0.339 e. The van der Waals surface area contributed by atoms with Gasteiger partial charge < -0.3 is 14.3 Å². The zero-order valence-corrected chi connectivity index (χ0v) is 11.4. The molecule has 2 aromatic rings. The quantitative estimate of drug-likeness (QED) is 0.860. The average molecular weight is 262 g/mol. The molecule has 0 aliphatic carbocycles. The summed E-state index contributed by atoms with van der Waals surface area (Å²) in [6, 6.07) is 3.13. The van der Waals surface area contributed by atoms with Crippen molar-refractivity contribution >= 4 is 11.0 Å². The third kappa shape index (κ3) is 2.43. The van der Waals surface area contributed by atoms with Gasteiger partial charge in [0.1, 0.15) is 5.58 Å². The summed E-state index contributed by atoms with van der Waals surface area (Å²) in [5.41, 5.74) is 1.71. The number of fused-ring (bicyclic) bond motifs is 1. The molecule has 4 heteroatoms. The molecule has 1 heterocycles. The van der Waals surface area contributed by atoms with Gasteiger partial charge in [0.05, 0.1) is 7.11 Å². The first-order valence-corrected chi connectivity index (χ1v) is 6.41. The van der Waals surface area contributed by atoms with Crippen molar-refractivity contribution in [3.05, 3.63) is 33.7 Å². The van der Waals surface area contributed by atoms with E-state index in [9.17, 15) is 9.90 Å². The fourth-order valence-electron chi connectivity index (χ4n) is 2.21. The van der Waals surface area contributed by atoms with E-state index in [4.69, 9.17) is 9.15 Å². The predicted octanol–water partition coefficient (Wildman–Crippen LogP) is 3.16. The second-order valence-electron chi connectivity index (χ2n) is 4.62. The number of hydrogen-bond donors (Lipinski definition) is 1. The summed E-state index contributed by atoms with van der Waals surface area (Å²) < 4.78 is 10.3. The molecule has 2 rings (SSSR count). The third-order valence-electron chi connectivity index (χ3n) is 3.37. The first-order chi connectivity index (χ1) is 9.08. The van der Waals surface area contributed by atoms with Crippen LogP contribution >= 0.6 is 0 Å². The van der Waals surface area contributed by atoms with Crippen LogP contribution in [-0.4, -0.2) is 12.2 Å². The number of ether oxygens (including phenoxy) is 1. The van der Waals surface area contributed by atoms with Crippen molar-refractivity contribution in [1.29, 1.82) is 0 Å². The molecule has 0 atom stereocenters. The molecular formula is C15H18O4. The van der Waals surface area contributed by atoms with Crippen molar-refractivity contribution in [3.63, 3.8) is 0 Å². The van der Waals surface area contributed by atoms with Gasteiger partial charge in [-0.2, -0.15) is 0 Å². The highest BCUT2D eigenvalue weighted by Crippen LogP contribution is 2.32. The predicted molar refractivity (Wildman–Crippen MR) is 74.0 cm³/mol. The van der Waals surface area contributed by atoms with Crippen LogP contribution in [0.25, 0.3) is 11.0 Å². The van der Waals surface area contributed by atoms with Gasteiger partial charge in [0.15, 0.2) is 11.5 Å². The lowest BCUT2D eigenvalue weighted by atomic mass is 10.0. The fourth-order valence-corrected chi connectivity index (χ4v) is 2.21. The number of benzene rings is 1. The maximum Gasteiger partial charge on any atom is 0.339 e. The number of aryl methyl sites for hydroxylation is 1. The molecule has 0 aliphatic rings. The van der Waals surface area contributed by atoms with E-state index < -0.39 is 0 Å². The molecule has 19 heavy (non-hydrogen) atoms. The van der Waals surface area contributed by atoms with Crippen molar-refractivity contribution in [3.8, 4) is 11.5 Å². The summed E-state index contributed by atoms with van der Waals surface area (Å²) in [4.78, 5) is 12.0. The monoisotopic (exact) mass is 262 g/mol. The minimum absolute atomic E-state index is 0.0494. The average Bonchev–Trinajstić information content (AvgIpc) is 2.39. The molecule has 1 N–H and O–H groups in total. The van der Waals surface area contributed by atoms with Gasteiger partial charge in [-0.05, 0) is 31.4 Å². The summed E-state index contributed by atoms with van der Waals surface area (Å²) in [6.45, 7) is 3.96. The van der Waals surface area contributed by atoms with E-state index in [0.29, 0.717) is 23.3 Å². The Morgan fingerprint density at radius 2 is 2.11 bits per heavy atom. The van der Waals surface area contributed by atoms with Gasteiger partial charge in [0.25, 0.3) is 0 Å². The topological polar surface area (TPSA) is 59.7 Å². The number of aromatic hydroxyl groups is 1. The lowest BCUT2D eigenvalue weighted by Crippen LogP contribution is -2.10. The maximum absolute atomic E-state index is 12.0. The number of phenols is 1. The van der Waals surface area contributed by atoms with E-state index in [0.717, 1.165) is 23.8 Å². The third-order valence-corrected chi connectivity index (χ3v) is 3.37. The maximum atomic E-state index is 12.0. The molecule has 0 aliphatic heterocycles. The summed E-state index contributed by atoms with van der Waals surface area (Å²) in [5, 5.41) is 10.6. The minimum Gasteiger partial charge on any atom is -0.504 e. The Morgan fingerprint density at radius 3 is 2.74 bits per heavy atom. The molecule has 0 amide bonds. The lowest BCUT2D eigenvalue weighted by Gasteiger charge is -2.09. The Hall–Kier alpha value is -1.97. The van der Waals surface area contributed by atoms with Gasteiger partial charge >= 0.3 is 5.63 Å². The lowest BCUT2D eigenvalue weighted by molar-refractivity contribution is 0.373. The fraction of sp³-hybridized carbons (Fsp3) is 0.400. The van der Waals surface area contributed by atoms with Crippen molar-refractivity contribution in [2.75, 3.05) is 7.11 Å².